The summed E-state index contributed by atoms with van der Waals surface area (Å²) in [5, 5.41) is 6.58. The average Bonchev–Trinajstić information content (AvgIpc) is 3.92. The fourth-order valence-corrected chi connectivity index (χ4v) is 10.1. The molecule has 2 aliphatic rings. The third-order valence-corrected chi connectivity index (χ3v) is 12.9. The van der Waals surface area contributed by atoms with Gasteiger partial charge in [-0.1, -0.05) is 119 Å². The fourth-order valence-electron chi connectivity index (χ4n) is 8.92. The highest BCUT2D eigenvalue weighted by Crippen LogP contribution is 2.55. The fraction of sp³-hybridized carbons (Fsp3) is 0.292. The topological polar surface area (TPSA) is 41.1 Å². The van der Waals surface area contributed by atoms with E-state index in [1.807, 2.05) is 11.3 Å². The van der Waals surface area contributed by atoms with E-state index in [0.717, 1.165) is 33.5 Å². The van der Waals surface area contributed by atoms with Crippen LogP contribution in [0, 0.1) is 19.8 Å². The van der Waals surface area contributed by atoms with Crippen molar-refractivity contribution in [3.8, 4) is 22.3 Å². The van der Waals surface area contributed by atoms with Crippen molar-refractivity contribution < 1.29 is 0 Å². The number of benzene rings is 4. The van der Waals surface area contributed by atoms with Crippen LogP contribution in [0.5, 0.6) is 0 Å². The van der Waals surface area contributed by atoms with Crippen LogP contribution in [-0.4, -0.2) is 9.97 Å². The molecule has 7 aromatic rings. The van der Waals surface area contributed by atoms with Gasteiger partial charge in [-0.05, 0) is 85.0 Å². The van der Waals surface area contributed by atoms with Gasteiger partial charge in [0.1, 0.15) is 11.0 Å². The standard InChI is InChI=1S/C48H48N4S/c1-29-26-42-43(31(3)49-29)52(44-39(33-18-9-7-10-19-33)27-35(48(4,5)6)28-40(44)34-20-11-8-12-21-34)46(50-42)38-23-15-22-36-37-24-25-41(51-47(37)53-45(36)38)30(2)32-16-13-14-17-32/h7-12,15,18-28,30,32,46,50H,13-14,16-17H2,1-6H3. The highest BCUT2D eigenvalue weighted by Gasteiger charge is 2.38. The number of anilines is 3. The molecule has 5 heteroatoms. The van der Waals surface area contributed by atoms with E-state index in [4.69, 9.17) is 9.97 Å². The first-order chi connectivity index (χ1) is 25.7. The number of hydrogen-bond donors (Lipinski definition) is 1. The number of pyridine rings is 2. The van der Waals surface area contributed by atoms with Crippen molar-refractivity contribution >= 4 is 48.7 Å². The van der Waals surface area contributed by atoms with Gasteiger partial charge in [0, 0.05) is 49.5 Å². The zero-order chi connectivity index (χ0) is 36.4. The van der Waals surface area contributed by atoms with Crippen molar-refractivity contribution in [1.29, 1.82) is 0 Å². The van der Waals surface area contributed by atoms with Crippen LogP contribution < -0.4 is 10.2 Å². The lowest BCUT2D eigenvalue weighted by Gasteiger charge is -2.34. The van der Waals surface area contributed by atoms with Crippen molar-refractivity contribution in [1.82, 2.24) is 9.97 Å². The van der Waals surface area contributed by atoms with Crippen molar-refractivity contribution in [2.45, 2.75) is 84.7 Å². The number of aryl methyl sites for hydroxylation is 2. The first kappa shape index (κ1) is 33.8. The molecule has 1 saturated carbocycles. The lowest BCUT2D eigenvalue weighted by Crippen LogP contribution is -2.25. The number of thiophene rings is 1. The van der Waals surface area contributed by atoms with Gasteiger partial charge in [-0.2, -0.15) is 0 Å². The highest BCUT2D eigenvalue weighted by atomic mass is 32.1. The first-order valence-corrected chi connectivity index (χ1v) is 20.1. The summed E-state index contributed by atoms with van der Waals surface area (Å²) in [7, 11) is 0. The second-order valence-corrected chi connectivity index (χ2v) is 17.3. The predicted octanol–water partition coefficient (Wildman–Crippen LogP) is 13.6. The number of fused-ring (bicyclic) bond motifs is 4. The Morgan fingerprint density at radius 2 is 1.40 bits per heavy atom. The van der Waals surface area contributed by atoms with E-state index in [2.05, 4.69) is 161 Å². The molecule has 1 aliphatic heterocycles. The minimum Gasteiger partial charge on any atom is -0.359 e. The maximum Gasteiger partial charge on any atom is 0.132 e. The van der Waals surface area contributed by atoms with Crippen LogP contribution in [0.25, 0.3) is 42.6 Å². The van der Waals surface area contributed by atoms with Gasteiger partial charge in [0.05, 0.1) is 22.8 Å². The third-order valence-electron chi connectivity index (χ3n) is 11.8. The van der Waals surface area contributed by atoms with Gasteiger partial charge >= 0.3 is 0 Å². The van der Waals surface area contributed by atoms with Gasteiger partial charge < -0.3 is 10.2 Å². The Labute approximate surface area is 318 Å². The molecular formula is C48H48N4S. The first-order valence-electron chi connectivity index (χ1n) is 19.3. The molecule has 266 valence electrons. The van der Waals surface area contributed by atoms with Crippen LogP contribution in [0.2, 0.25) is 0 Å². The minimum atomic E-state index is -0.175. The molecule has 4 aromatic carbocycles. The van der Waals surface area contributed by atoms with Crippen molar-refractivity contribution in [3.63, 3.8) is 0 Å². The maximum absolute atomic E-state index is 5.38. The van der Waals surface area contributed by atoms with Gasteiger partial charge in [-0.25, -0.2) is 4.98 Å². The summed E-state index contributed by atoms with van der Waals surface area (Å²) in [6.45, 7) is 13.6. The monoisotopic (exact) mass is 712 g/mol. The van der Waals surface area contributed by atoms with Crippen LogP contribution in [0.1, 0.15) is 93.7 Å². The van der Waals surface area contributed by atoms with Crippen molar-refractivity contribution in [2.75, 3.05) is 10.2 Å². The molecule has 53 heavy (non-hydrogen) atoms. The van der Waals surface area contributed by atoms with Crippen LogP contribution in [-0.2, 0) is 5.41 Å². The number of hydrogen-bond acceptors (Lipinski definition) is 5. The maximum atomic E-state index is 5.38. The Balaban J connectivity index is 1.31. The Hall–Kier alpha value is -5.00. The van der Waals surface area contributed by atoms with E-state index in [1.54, 1.807) is 0 Å². The van der Waals surface area contributed by atoms with Crippen LogP contribution in [0.4, 0.5) is 17.1 Å². The Morgan fingerprint density at radius 1 is 0.736 bits per heavy atom. The molecular weight excluding hydrogens is 665 g/mol. The second kappa shape index (κ2) is 13.1. The molecule has 3 aromatic heterocycles. The van der Waals surface area contributed by atoms with Gasteiger partial charge in [0.25, 0.3) is 0 Å². The molecule has 1 N–H and O–H groups in total. The molecule has 0 saturated heterocycles. The van der Waals surface area contributed by atoms with Crippen LogP contribution in [0.15, 0.2) is 109 Å². The normalized spacial score (nSPS) is 16.7. The lowest BCUT2D eigenvalue weighted by molar-refractivity contribution is 0.454. The summed E-state index contributed by atoms with van der Waals surface area (Å²) in [6.07, 6.45) is 5.17. The molecule has 1 aliphatic carbocycles. The molecule has 0 amide bonds. The molecule has 0 radical (unpaired) electrons. The smallest absolute Gasteiger partial charge is 0.132 e. The van der Waals surface area contributed by atoms with Crippen LogP contribution >= 0.6 is 11.3 Å². The highest BCUT2D eigenvalue weighted by molar-refractivity contribution is 7.25. The zero-order valence-corrected chi connectivity index (χ0v) is 32.5. The summed E-state index contributed by atoms with van der Waals surface area (Å²) >= 11 is 1.85. The summed E-state index contributed by atoms with van der Waals surface area (Å²) in [4.78, 5) is 14.2. The largest absolute Gasteiger partial charge is 0.359 e. The molecule has 0 spiro atoms. The summed E-state index contributed by atoms with van der Waals surface area (Å²) in [5.74, 6) is 1.22. The van der Waals surface area contributed by atoms with Gasteiger partial charge in [0.2, 0.25) is 0 Å². The number of rotatable bonds is 6. The molecule has 9 rings (SSSR count). The second-order valence-electron chi connectivity index (χ2n) is 16.3. The molecule has 2 atom stereocenters. The SMILES string of the molecule is Cc1cc2c(c(C)n1)N(c1c(-c3ccccc3)cc(C(C)(C)C)cc1-c1ccccc1)C(c1cccc3c1sc1nc(C(C)C4CCCC4)ccc13)N2. The summed E-state index contributed by atoms with van der Waals surface area (Å²) in [5.41, 5.74) is 14.0. The number of aromatic nitrogens is 2. The van der Waals surface area contributed by atoms with E-state index in [-0.39, 0.29) is 11.6 Å². The third kappa shape index (κ3) is 5.90. The Kier molecular flexibility index (Phi) is 8.38. The predicted molar refractivity (Wildman–Crippen MR) is 226 cm³/mol. The average molecular weight is 713 g/mol. The summed E-state index contributed by atoms with van der Waals surface area (Å²) in [6, 6.07) is 40.4. The molecule has 1 fully saturated rings. The van der Waals surface area contributed by atoms with E-state index < -0.39 is 0 Å². The molecule has 0 bridgehead atoms. The zero-order valence-electron chi connectivity index (χ0n) is 31.7. The van der Waals surface area contributed by atoms with E-state index >= 15 is 0 Å². The quantitative estimate of drug-likeness (QED) is 0.186. The number of nitrogens with one attached hydrogen (secondary N) is 1. The van der Waals surface area contributed by atoms with E-state index in [1.165, 1.54) is 85.9 Å². The minimum absolute atomic E-state index is 0.0511. The van der Waals surface area contributed by atoms with Gasteiger partial charge in [0.15, 0.2) is 0 Å². The number of nitrogens with zero attached hydrogens (tertiary/aromatic N) is 3. The van der Waals surface area contributed by atoms with E-state index in [0.29, 0.717) is 5.92 Å². The van der Waals surface area contributed by atoms with Gasteiger partial charge in [-0.3, -0.25) is 4.98 Å². The Bertz CT molecular complexity index is 2410. The molecule has 2 unspecified atom stereocenters. The molecule has 4 heterocycles. The van der Waals surface area contributed by atoms with Crippen molar-refractivity contribution in [2.24, 2.45) is 5.92 Å². The van der Waals surface area contributed by atoms with Crippen molar-refractivity contribution in [3.05, 3.63) is 137 Å². The van der Waals surface area contributed by atoms with Crippen LogP contribution in [0.3, 0.4) is 0 Å². The summed E-state index contributed by atoms with van der Waals surface area (Å²) < 4.78 is 1.28. The van der Waals surface area contributed by atoms with E-state index in [9.17, 15) is 0 Å². The Morgan fingerprint density at radius 3 is 2.04 bits per heavy atom. The lowest BCUT2D eigenvalue weighted by atomic mass is 9.82. The molecule has 4 nitrogen and oxygen atoms in total. The van der Waals surface area contributed by atoms with Gasteiger partial charge in [-0.15, -0.1) is 11.3 Å².